The molecule has 0 aromatic carbocycles. The van der Waals surface area contributed by atoms with Gasteiger partial charge in [0, 0.05) is 22.3 Å². The van der Waals surface area contributed by atoms with Gasteiger partial charge in [0.2, 0.25) is 0 Å². The van der Waals surface area contributed by atoms with Crippen molar-refractivity contribution in [2.24, 2.45) is 0 Å². The molecule has 0 unspecified atom stereocenters. The van der Waals surface area contributed by atoms with Gasteiger partial charge < -0.3 is 9.97 Å². The highest BCUT2D eigenvalue weighted by molar-refractivity contribution is 9.18. The van der Waals surface area contributed by atoms with Crippen LogP contribution in [0.5, 0.6) is 0 Å². The van der Waals surface area contributed by atoms with Crippen molar-refractivity contribution < 1.29 is 0 Å². The topological polar surface area (TPSA) is 57.4 Å². The summed E-state index contributed by atoms with van der Waals surface area (Å²) in [5.74, 6) is 0. The zero-order valence-electron chi connectivity index (χ0n) is 24.6. The van der Waals surface area contributed by atoms with Gasteiger partial charge in [-0.05, 0) is 153 Å². The van der Waals surface area contributed by atoms with E-state index in [1.807, 2.05) is 0 Å². The molecule has 234 valence electrons. The summed E-state index contributed by atoms with van der Waals surface area (Å²) >= 11 is 31.6. The summed E-state index contributed by atoms with van der Waals surface area (Å²) in [5.41, 5.74) is 12.4. The number of halogens is 8. The Hall–Kier alpha value is 0.440. The second-order valence-electron chi connectivity index (χ2n) is 10.8. The molecule has 12 heteroatoms. The Morgan fingerprint density at radius 3 is 0.773 bits per heavy atom. The molecule has 0 fully saturated rings. The molecule has 0 radical (unpaired) electrons. The van der Waals surface area contributed by atoms with Crippen LogP contribution in [0.1, 0.15) is 98.4 Å². The predicted octanol–water partition coefficient (Wildman–Crippen LogP) is 14.4. The minimum atomic E-state index is 0.851. The first-order valence-corrected chi connectivity index (χ1v) is 21.0. The number of aromatic amines is 2. The molecule has 2 aliphatic heterocycles. The van der Waals surface area contributed by atoms with E-state index < -0.39 is 0 Å². The van der Waals surface area contributed by atoms with E-state index in [4.69, 9.17) is 9.97 Å². The zero-order valence-corrected chi connectivity index (χ0v) is 37.3. The Kier molecular flexibility index (Phi) is 12.1. The molecule has 0 saturated carbocycles. The van der Waals surface area contributed by atoms with Crippen molar-refractivity contribution >= 4 is 167 Å². The average Bonchev–Trinajstić information content (AvgIpc) is 3.67. The molecule has 44 heavy (non-hydrogen) atoms. The number of nitrogens with one attached hydrogen (secondary N) is 2. The van der Waals surface area contributed by atoms with Crippen molar-refractivity contribution in [3.8, 4) is 0 Å². The first kappa shape index (κ1) is 35.7. The fourth-order valence-corrected chi connectivity index (χ4v) is 10.0. The van der Waals surface area contributed by atoms with Crippen molar-refractivity contribution in [1.29, 1.82) is 0 Å². The minimum absolute atomic E-state index is 0.851. The van der Waals surface area contributed by atoms with Crippen LogP contribution in [0.2, 0.25) is 0 Å². The minimum Gasteiger partial charge on any atom is -0.353 e. The maximum absolute atomic E-state index is 5.38. The molecular formula is C32H30Br8N4. The molecule has 0 atom stereocenters. The van der Waals surface area contributed by atoms with Gasteiger partial charge in [0.05, 0.1) is 80.7 Å². The standard InChI is InChI=1S/C32H30Br8N4/c1-5-9-13-25-17(33)19(35)27(41-25)14(10-6-2)29-21(37)23(39)31(43-29)16(12-8-4)32-24(40)22(38)30(44-32)15(11-7-3)28-20(36)18(34)26(13)42-28/h41,44H,5-12H2,1-4H3. The summed E-state index contributed by atoms with van der Waals surface area (Å²) < 4.78 is 7.78. The van der Waals surface area contributed by atoms with Gasteiger partial charge in [-0.2, -0.15) is 0 Å². The molecular weight excluding hydrogens is 1080 g/mol. The zero-order chi connectivity index (χ0) is 32.0. The molecule has 5 rings (SSSR count). The fourth-order valence-electron chi connectivity index (χ4n) is 5.82. The Bertz CT molecular complexity index is 1640. The summed E-state index contributed by atoms with van der Waals surface area (Å²) in [6.45, 7) is 8.83. The third-order valence-corrected chi connectivity index (χ3v) is 16.2. The van der Waals surface area contributed by atoms with Gasteiger partial charge in [-0.3, -0.25) is 0 Å². The molecule has 0 saturated heterocycles. The Morgan fingerprint density at radius 2 is 0.591 bits per heavy atom. The average molecular weight is 1110 g/mol. The molecule has 2 N–H and O–H groups in total. The summed E-state index contributed by atoms with van der Waals surface area (Å²) in [7, 11) is 0. The molecule has 3 aromatic rings. The van der Waals surface area contributed by atoms with E-state index in [-0.39, 0.29) is 0 Å². The lowest BCUT2D eigenvalue weighted by Crippen LogP contribution is -1.96. The van der Waals surface area contributed by atoms with Crippen LogP contribution in [-0.4, -0.2) is 19.9 Å². The molecule has 0 aliphatic carbocycles. The first-order chi connectivity index (χ1) is 21.0. The maximum Gasteiger partial charge on any atom is 0.0844 e. The van der Waals surface area contributed by atoms with Crippen LogP contribution in [0.15, 0.2) is 17.9 Å². The van der Waals surface area contributed by atoms with Crippen molar-refractivity contribution in [3.63, 3.8) is 0 Å². The van der Waals surface area contributed by atoms with E-state index in [0.29, 0.717) is 0 Å². The molecule has 0 amide bonds. The van der Waals surface area contributed by atoms with Gasteiger partial charge in [-0.1, -0.05) is 53.4 Å². The molecule has 2 aliphatic rings. The van der Waals surface area contributed by atoms with E-state index in [9.17, 15) is 0 Å². The second kappa shape index (κ2) is 14.9. The van der Waals surface area contributed by atoms with Crippen LogP contribution < -0.4 is 0 Å². The Morgan fingerprint density at radius 1 is 0.386 bits per heavy atom. The van der Waals surface area contributed by atoms with Crippen molar-refractivity contribution in [3.05, 3.63) is 62.9 Å². The third kappa shape index (κ3) is 6.20. The van der Waals surface area contributed by atoms with E-state index >= 15 is 0 Å². The summed E-state index contributed by atoms with van der Waals surface area (Å²) in [6.07, 6.45) is 7.28. The van der Waals surface area contributed by atoms with Crippen LogP contribution in [0, 0.1) is 0 Å². The molecule has 8 bridgehead atoms. The third-order valence-electron chi connectivity index (χ3n) is 7.78. The smallest absolute Gasteiger partial charge is 0.0844 e. The quantitative estimate of drug-likeness (QED) is 0.236. The molecule has 0 spiro atoms. The highest BCUT2D eigenvalue weighted by Crippen LogP contribution is 2.48. The highest BCUT2D eigenvalue weighted by atomic mass is 79.9. The summed E-state index contributed by atoms with van der Waals surface area (Å²) in [6, 6.07) is 0. The van der Waals surface area contributed by atoms with Crippen LogP contribution in [0.25, 0.3) is 40.0 Å². The van der Waals surface area contributed by atoms with Gasteiger partial charge in [0.25, 0.3) is 0 Å². The van der Waals surface area contributed by atoms with Crippen molar-refractivity contribution in [2.75, 3.05) is 0 Å². The lowest BCUT2D eigenvalue weighted by atomic mass is 10.1. The predicted molar refractivity (Wildman–Crippen MR) is 217 cm³/mol. The lowest BCUT2D eigenvalue weighted by molar-refractivity contribution is 0.905. The Balaban J connectivity index is 2.17. The monoisotopic (exact) mass is 1100 g/mol. The van der Waals surface area contributed by atoms with Gasteiger partial charge >= 0.3 is 0 Å². The maximum atomic E-state index is 5.38. The molecule has 5 heterocycles. The number of aryl methyl sites for hydroxylation is 4. The van der Waals surface area contributed by atoms with Crippen LogP contribution >= 0.6 is 127 Å². The van der Waals surface area contributed by atoms with E-state index in [0.717, 1.165) is 154 Å². The van der Waals surface area contributed by atoms with Crippen LogP contribution in [0.3, 0.4) is 0 Å². The lowest BCUT2D eigenvalue weighted by Gasteiger charge is -2.05. The van der Waals surface area contributed by atoms with Gasteiger partial charge in [-0.25, -0.2) is 9.97 Å². The SMILES string of the molecule is CCCc1c2nc(c(CCC)c3[nH]c(c(Br)c3Br)c(CCC)c3nc(c(CCC)c4[nH]c1c(Br)c4Br)C(Br)=C3Br)C(Br)=C2Br. The number of H-pyrrole nitrogens is 2. The molecule has 3 aromatic heterocycles. The number of fused-ring (bicyclic) bond motifs is 8. The van der Waals surface area contributed by atoms with Crippen LogP contribution in [-0.2, 0) is 25.7 Å². The number of nitrogens with zero attached hydrogens (tertiary/aromatic N) is 2. The number of rotatable bonds is 8. The summed E-state index contributed by atoms with van der Waals surface area (Å²) in [4.78, 5) is 18.4. The largest absolute Gasteiger partial charge is 0.353 e. The van der Waals surface area contributed by atoms with Crippen molar-refractivity contribution in [2.45, 2.75) is 79.1 Å². The van der Waals surface area contributed by atoms with E-state index in [1.54, 1.807) is 0 Å². The summed E-state index contributed by atoms with van der Waals surface area (Å²) in [5, 5.41) is 0. The fraction of sp³-hybridized carbons (Fsp3) is 0.375. The second-order valence-corrected chi connectivity index (χ2v) is 17.1. The van der Waals surface area contributed by atoms with Gasteiger partial charge in [0.1, 0.15) is 0 Å². The van der Waals surface area contributed by atoms with Gasteiger partial charge in [0.15, 0.2) is 0 Å². The highest BCUT2D eigenvalue weighted by Gasteiger charge is 2.28. The van der Waals surface area contributed by atoms with E-state index in [1.165, 1.54) is 0 Å². The van der Waals surface area contributed by atoms with Gasteiger partial charge in [-0.15, -0.1) is 0 Å². The normalized spacial score (nSPS) is 13.5. The first-order valence-electron chi connectivity index (χ1n) is 14.6. The molecule has 4 nitrogen and oxygen atoms in total. The van der Waals surface area contributed by atoms with Crippen molar-refractivity contribution in [1.82, 2.24) is 19.9 Å². The number of hydrogen-bond acceptors (Lipinski definition) is 2. The van der Waals surface area contributed by atoms with E-state index in [2.05, 4.69) is 165 Å². The van der Waals surface area contributed by atoms with Crippen LogP contribution in [0.4, 0.5) is 0 Å². The number of hydrogen-bond donors (Lipinski definition) is 2. The number of aromatic nitrogens is 4. The Labute approximate surface area is 325 Å².